The SMILES string of the molecule is CC(=O)N1CCc2ncnc(C(C)C)c2C1.CC(C)c1ncnc2c1CCCC2. The number of rotatable bonds is 2. The lowest BCUT2D eigenvalue weighted by Crippen LogP contribution is -2.35. The summed E-state index contributed by atoms with van der Waals surface area (Å²) in [6.07, 6.45) is 9.14. The Hall–Kier alpha value is -2.37. The Bertz CT molecular complexity index is 862. The van der Waals surface area contributed by atoms with Crippen LogP contribution in [0.2, 0.25) is 0 Å². The molecule has 0 atom stereocenters. The predicted octanol–water partition coefficient (Wildman–Crippen LogP) is 3.98. The maximum Gasteiger partial charge on any atom is 0.219 e. The van der Waals surface area contributed by atoms with E-state index in [0.29, 0.717) is 18.4 Å². The molecule has 156 valence electrons. The molecule has 3 heterocycles. The third-order valence-electron chi connectivity index (χ3n) is 5.73. The molecule has 2 aromatic rings. The summed E-state index contributed by atoms with van der Waals surface area (Å²) in [4.78, 5) is 30.6. The molecule has 0 N–H and O–H groups in total. The third-order valence-corrected chi connectivity index (χ3v) is 5.73. The van der Waals surface area contributed by atoms with Crippen molar-refractivity contribution < 1.29 is 4.79 Å². The highest BCUT2D eigenvalue weighted by Gasteiger charge is 2.23. The smallest absolute Gasteiger partial charge is 0.219 e. The van der Waals surface area contributed by atoms with Crippen molar-refractivity contribution in [3.8, 4) is 0 Å². The van der Waals surface area contributed by atoms with Gasteiger partial charge in [0.05, 0.1) is 11.4 Å². The van der Waals surface area contributed by atoms with Gasteiger partial charge in [-0.1, -0.05) is 27.7 Å². The van der Waals surface area contributed by atoms with Crippen molar-refractivity contribution in [3.63, 3.8) is 0 Å². The number of carbonyl (C=O) groups is 1. The van der Waals surface area contributed by atoms with Crippen LogP contribution in [0.3, 0.4) is 0 Å². The van der Waals surface area contributed by atoms with Crippen LogP contribution in [0, 0.1) is 0 Å². The van der Waals surface area contributed by atoms with E-state index < -0.39 is 0 Å². The molecule has 1 aliphatic heterocycles. The molecule has 0 bridgehead atoms. The van der Waals surface area contributed by atoms with E-state index in [9.17, 15) is 4.79 Å². The molecular weight excluding hydrogens is 362 g/mol. The van der Waals surface area contributed by atoms with Crippen molar-refractivity contribution in [1.29, 1.82) is 0 Å². The number of carbonyl (C=O) groups excluding carboxylic acids is 1. The van der Waals surface area contributed by atoms with Gasteiger partial charge in [0, 0.05) is 43.4 Å². The van der Waals surface area contributed by atoms with Gasteiger partial charge in [0.2, 0.25) is 5.91 Å². The largest absolute Gasteiger partial charge is 0.338 e. The number of nitrogens with zero attached hydrogens (tertiary/aromatic N) is 5. The van der Waals surface area contributed by atoms with Crippen molar-refractivity contribution in [3.05, 3.63) is 46.6 Å². The lowest BCUT2D eigenvalue weighted by molar-refractivity contribution is -0.129. The van der Waals surface area contributed by atoms with Crippen LogP contribution >= 0.6 is 0 Å². The minimum absolute atomic E-state index is 0.129. The first-order valence-corrected chi connectivity index (χ1v) is 10.8. The molecule has 0 spiro atoms. The van der Waals surface area contributed by atoms with E-state index in [1.807, 2.05) is 4.90 Å². The second-order valence-electron chi connectivity index (χ2n) is 8.58. The first kappa shape index (κ1) is 21.3. The second-order valence-corrected chi connectivity index (χ2v) is 8.58. The topological polar surface area (TPSA) is 71.9 Å². The monoisotopic (exact) mass is 395 g/mol. The molecule has 1 amide bonds. The van der Waals surface area contributed by atoms with E-state index in [2.05, 4.69) is 47.6 Å². The zero-order valence-electron chi connectivity index (χ0n) is 18.4. The Morgan fingerprint density at radius 1 is 0.828 bits per heavy atom. The van der Waals surface area contributed by atoms with Gasteiger partial charge >= 0.3 is 0 Å². The number of aromatic nitrogens is 4. The average Bonchev–Trinajstić information content (AvgIpc) is 2.72. The lowest BCUT2D eigenvalue weighted by atomic mass is 9.91. The van der Waals surface area contributed by atoms with E-state index in [1.165, 1.54) is 36.2 Å². The molecule has 0 unspecified atom stereocenters. The van der Waals surface area contributed by atoms with Crippen LogP contribution in [-0.4, -0.2) is 37.3 Å². The molecule has 4 rings (SSSR count). The first-order valence-electron chi connectivity index (χ1n) is 10.8. The number of hydrogen-bond donors (Lipinski definition) is 0. The van der Waals surface area contributed by atoms with Gasteiger partial charge in [0.1, 0.15) is 12.7 Å². The van der Waals surface area contributed by atoms with Gasteiger partial charge in [0.15, 0.2) is 0 Å². The quantitative estimate of drug-likeness (QED) is 0.769. The molecule has 0 saturated carbocycles. The standard InChI is InChI=1S/C12H17N3O.C11H16N2/c1-8(2)12-10-6-15(9(3)16)5-4-11(10)13-7-14-12;1-8(2)11-9-5-3-4-6-10(9)12-7-13-11/h7-8H,4-6H2,1-3H3;7-8H,3-6H2,1-2H3. The Balaban J connectivity index is 0.000000169. The molecule has 2 aliphatic rings. The van der Waals surface area contributed by atoms with Crippen LogP contribution in [0.1, 0.15) is 93.2 Å². The summed E-state index contributed by atoms with van der Waals surface area (Å²) < 4.78 is 0. The van der Waals surface area contributed by atoms with E-state index in [0.717, 1.165) is 36.3 Å². The van der Waals surface area contributed by atoms with E-state index in [-0.39, 0.29) is 5.91 Å². The molecule has 1 aliphatic carbocycles. The number of aryl methyl sites for hydroxylation is 1. The molecule has 6 nitrogen and oxygen atoms in total. The van der Waals surface area contributed by atoms with Gasteiger partial charge in [-0.3, -0.25) is 4.79 Å². The second kappa shape index (κ2) is 9.42. The maximum atomic E-state index is 11.4. The van der Waals surface area contributed by atoms with Crippen molar-refractivity contribution in [2.45, 2.75) is 85.1 Å². The summed E-state index contributed by atoms with van der Waals surface area (Å²) in [5, 5.41) is 0. The van der Waals surface area contributed by atoms with E-state index in [1.54, 1.807) is 19.6 Å². The van der Waals surface area contributed by atoms with Gasteiger partial charge in [-0.15, -0.1) is 0 Å². The molecule has 0 radical (unpaired) electrons. The van der Waals surface area contributed by atoms with Gasteiger partial charge in [-0.25, -0.2) is 19.9 Å². The zero-order valence-corrected chi connectivity index (χ0v) is 18.4. The minimum atomic E-state index is 0.129. The highest BCUT2D eigenvalue weighted by Crippen LogP contribution is 2.26. The van der Waals surface area contributed by atoms with Crippen LogP contribution < -0.4 is 0 Å². The van der Waals surface area contributed by atoms with Crippen molar-refractivity contribution in [2.75, 3.05) is 6.54 Å². The summed E-state index contributed by atoms with van der Waals surface area (Å²) >= 11 is 0. The molecular formula is C23H33N5O. The van der Waals surface area contributed by atoms with Gasteiger partial charge in [0.25, 0.3) is 0 Å². The number of amides is 1. The highest BCUT2D eigenvalue weighted by atomic mass is 16.2. The van der Waals surface area contributed by atoms with Crippen molar-refractivity contribution in [2.24, 2.45) is 0 Å². The number of hydrogen-bond acceptors (Lipinski definition) is 5. The van der Waals surface area contributed by atoms with Crippen molar-refractivity contribution >= 4 is 5.91 Å². The van der Waals surface area contributed by atoms with Crippen LogP contribution in [0.15, 0.2) is 12.7 Å². The summed E-state index contributed by atoms with van der Waals surface area (Å²) in [5.74, 6) is 1.04. The van der Waals surface area contributed by atoms with Crippen LogP contribution in [-0.2, 0) is 30.6 Å². The fourth-order valence-electron chi connectivity index (χ4n) is 4.17. The van der Waals surface area contributed by atoms with E-state index in [4.69, 9.17) is 0 Å². The summed E-state index contributed by atoms with van der Waals surface area (Å²) in [6.45, 7) is 11.7. The summed E-state index contributed by atoms with van der Waals surface area (Å²) in [7, 11) is 0. The summed E-state index contributed by atoms with van der Waals surface area (Å²) in [5.41, 5.74) is 7.34. The Labute approximate surface area is 174 Å². The molecule has 0 fully saturated rings. The summed E-state index contributed by atoms with van der Waals surface area (Å²) in [6, 6.07) is 0. The molecule has 6 heteroatoms. The normalized spacial score (nSPS) is 15.5. The Morgan fingerprint density at radius 3 is 1.97 bits per heavy atom. The lowest BCUT2D eigenvalue weighted by Gasteiger charge is -2.28. The molecule has 0 aromatic carbocycles. The van der Waals surface area contributed by atoms with Crippen LogP contribution in [0.25, 0.3) is 0 Å². The predicted molar refractivity (Wildman–Crippen MR) is 114 cm³/mol. The van der Waals surface area contributed by atoms with E-state index >= 15 is 0 Å². The maximum absolute atomic E-state index is 11.4. The molecule has 0 saturated heterocycles. The fraction of sp³-hybridized carbons (Fsp3) is 0.609. The minimum Gasteiger partial charge on any atom is -0.338 e. The average molecular weight is 396 g/mol. The zero-order chi connectivity index (χ0) is 21.0. The van der Waals surface area contributed by atoms with Crippen LogP contribution in [0.5, 0.6) is 0 Å². The Kier molecular flexibility index (Phi) is 6.93. The number of fused-ring (bicyclic) bond motifs is 2. The highest BCUT2D eigenvalue weighted by molar-refractivity contribution is 5.73. The Morgan fingerprint density at radius 2 is 1.38 bits per heavy atom. The van der Waals surface area contributed by atoms with Crippen LogP contribution in [0.4, 0.5) is 0 Å². The van der Waals surface area contributed by atoms with Gasteiger partial charge in [-0.05, 0) is 43.1 Å². The van der Waals surface area contributed by atoms with Crippen molar-refractivity contribution in [1.82, 2.24) is 24.8 Å². The van der Waals surface area contributed by atoms with Gasteiger partial charge < -0.3 is 4.90 Å². The molecule has 29 heavy (non-hydrogen) atoms. The third kappa shape index (κ3) is 4.98. The molecule has 2 aromatic heterocycles. The fourth-order valence-corrected chi connectivity index (χ4v) is 4.17. The first-order chi connectivity index (χ1) is 13.9. The van der Waals surface area contributed by atoms with Gasteiger partial charge in [-0.2, -0.15) is 0 Å².